The number of aromatic nitrogens is 1. The monoisotopic (exact) mass is 215 g/mol. The van der Waals surface area contributed by atoms with Gasteiger partial charge in [0.15, 0.2) is 9.91 Å². The van der Waals surface area contributed by atoms with Crippen molar-refractivity contribution in [2.24, 2.45) is 12.0 Å². The van der Waals surface area contributed by atoms with Crippen LogP contribution in [0.25, 0.3) is 0 Å². The molecule has 1 aromatic rings. The van der Waals surface area contributed by atoms with Gasteiger partial charge < -0.3 is 9.88 Å². The summed E-state index contributed by atoms with van der Waals surface area (Å²) in [5.41, 5.74) is 1.20. The molecule has 0 saturated heterocycles. The lowest BCUT2D eigenvalue weighted by Crippen LogP contribution is -2.23. The lowest BCUT2D eigenvalue weighted by Gasteiger charge is -1.98. The maximum absolute atomic E-state index is 5.02. The Morgan fingerprint density at radius 1 is 1.77 bits per heavy atom. The molecule has 0 aliphatic rings. The van der Waals surface area contributed by atoms with E-state index in [1.165, 1.54) is 5.69 Å². The summed E-state index contributed by atoms with van der Waals surface area (Å²) < 4.78 is 2.02. The van der Waals surface area contributed by atoms with E-state index >= 15 is 0 Å². The van der Waals surface area contributed by atoms with Crippen molar-refractivity contribution in [2.45, 2.75) is 13.8 Å². The number of nitrogens with one attached hydrogen (secondary N) is 1. The molecule has 0 atom stereocenters. The van der Waals surface area contributed by atoms with Crippen LogP contribution in [0.3, 0.4) is 0 Å². The third-order valence-electron chi connectivity index (χ3n) is 1.68. The van der Waals surface area contributed by atoms with Crippen molar-refractivity contribution >= 4 is 28.7 Å². The van der Waals surface area contributed by atoms with Crippen LogP contribution >= 0.6 is 23.6 Å². The molecule has 72 valence electrons. The SMILES string of the molecule is CCNC(=S)/N=c1/scc(C)n1C. The van der Waals surface area contributed by atoms with Crippen LogP contribution < -0.4 is 10.1 Å². The fourth-order valence-electron chi connectivity index (χ4n) is 0.826. The average molecular weight is 215 g/mol. The zero-order valence-corrected chi connectivity index (χ0v) is 9.63. The quantitative estimate of drug-likeness (QED) is 0.713. The first-order valence-corrected chi connectivity index (χ1v) is 5.37. The molecular weight excluding hydrogens is 202 g/mol. The van der Waals surface area contributed by atoms with Gasteiger partial charge in [-0.05, 0) is 26.1 Å². The van der Waals surface area contributed by atoms with Crippen LogP contribution in [-0.4, -0.2) is 16.2 Å². The summed E-state index contributed by atoms with van der Waals surface area (Å²) in [6, 6.07) is 0. The van der Waals surface area contributed by atoms with Crippen LogP contribution in [-0.2, 0) is 7.05 Å². The molecular formula is C8H13N3S2. The fourth-order valence-corrected chi connectivity index (χ4v) is 1.99. The van der Waals surface area contributed by atoms with Gasteiger partial charge in [-0.2, -0.15) is 4.99 Å². The van der Waals surface area contributed by atoms with Gasteiger partial charge in [0.2, 0.25) is 0 Å². The molecule has 1 rings (SSSR count). The van der Waals surface area contributed by atoms with Crippen LogP contribution in [0.15, 0.2) is 10.4 Å². The van der Waals surface area contributed by atoms with Crippen LogP contribution in [0.1, 0.15) is 12.6 Å². The van der Waals surface area contributed by atoms with Crippen molar-refractivity contribution in [1.29, 1.82) is 0 Å². The van der Waals surface area contributed by atoms with E-state index in [0.717, 1.165) is 11.3 Å². The minimum Gasteiger partial charge on any atom is -0.361 e. The van der Waals surface area contributed by atoms with Gasteiger partial charge in [0.25, 0.3) is 0 Å². The highest BCUT2D eigenvalue weighted by Gasteiger charge is 1.95. The van der Waals surface area contributed by atoms with Gasteiger partial charge in [-0.25, -0.2) is 0 Å². The van der Waals surface area contributed by atoms with Gasteiger partial charge in [-0.15, -0.1) is 11.3 Å². The standard InChI is InChI=1S/C8H13N3S2/c1-4-9-7(12)10-8-11(3)6(2)5-13-8/h5H,4H2,1-3H3,(H,9,12)/b10-8+. The summed E-state index contributed by atoms with van der Waals surface area (Å²) in [6.07, 6.45) is 0. The molecule has 0 aliphatic heterocycles. The van der Waals surface area contributed by atoms with E-state index in [2.05, 4.69) is 15.7 Å². The molecule has 0 amide bonds. The predicted molar refractivity (Wildman–Crippen MR) is 59.9 cm³/mol. The number of nitrogens with zero attached hydrogens (tertiary/aromatic N) is 2. The van der Waals surface area contributed by atoms with Crippen molar-refractivity contribution < 1.29 is 0 Å². The molecule has 0 fully saturated rings. The summed E-state index contributed by atoms with van der Waals surface area (Å²) in [6.45, 7) is 4.86. The lowest BCUT2D eigenvalue weighted by molar-refractivity contribution is 0.833. The predicted octanol–water partition coefficient (Wildman–Crippen LogP) is 1.19. The first-order chi connectivity index (χ1) is 6.15. The molecule has 0 radical (unpaired) electrons. The van der Waals surface area contributed by atoms with Gasteiger partial charge >= 0.3 is 0 Å². The molecule has 0 saturated carbocycles. The number of thiazole rings is 1. The number of thiocarbonyl (C=S) groups is 1. The Hall–Kier alpha value is -0.680. The molecule has 0 aromatic carbocycles. The minimum atomic E-state index is 0.556. The van der Waals surface area contributed by atoms with Crippen molar-refractivity contribution in [2.75, 3.05) is 6.54 Å². The molecule has 0 bridgehead atoms. The first kappa shape index (κ1) is 10.4. The Morgan fingerprint density at radius 3 is 2.92 bits per heavy atom. The minimum absolute atomic E-state index is 0.556. The smallest absolute Gasteiger partial charge is 0.195 e. The van der Waals surface area contributed by atoms with Gasteiger partial charge in [-0.1, -0.05) is 0 Å². The highest BCUT2D eigenvalue weighted by atomic mass is 32.1. The van der Waals surface area contributed by atoms with E-state index in [4.69, 9.17) is 12.2 Å². The summed E-state index contributed by atoms with van der Waals surface area (Å²) in [5, 5.41) is 5.61. The van der Waals surface area contributed by atoms with Gasteiger partial charge in [0.1, 0.15) is 0 Å². The maximum Gasteiger partial charge on any atom is 0.195 e. The lowest BCUT2D eigenvalue weighted by atomic mass is 10.6. The molecule has 3 nitrogen and oxygen atoms in total. The summed E-state index contributed by atoms with van der Waals surface area (Å²) in [7, 11) is 1.99. The molecule has 1 aromatic heterocycles. The normalized spacial score (nSPS) is 11.8. The van der Waals surface area contributed by atoms with Crippen molar-refractivity contribution in [1.82, 2.24) is 9.88 Å². The molecule has 1 N–H and O–H groups in total. The van der Waals surface area contributed by atoms with Crippen LogP contribution in [0.2, 0.25) is 0 Å². The Morgan fingerprint density at radius 2 is 2.46 bits per heavy atom. The van der Waals surface area contributed by atoms with E-state index < -0.39 is 0 Å². The highest BCUT2D eigenvalue weighted by Crippen LogP contribution is 1.96. The summed E-state index contributed by atoms with van der Waals surface area (Å²) >= 11 is 6.62. The van der Waals surface area contributed by atoms with Crippen LogP contribution in [0, 0.1) is 6.92 Å². The molecule has 0 unspecified atom stereocenters. The largest absolute Gasteiger partial charge is 0.361 e. The van der Waals surface area contributed by atoms with E-state index in [-0.39, 0.29) is 0 Å². The Balaban J connectivity index is 2.94. The first-order valence-electron chi connectivity index (χ1n) is 4.08. The third kappa shape index (κ3) is 2.63. The molecule has 5 heteroatoms. The van der Waals surface area contributed by atoms with Gasteiger partial charge in [-0.3, -0.25) is 0 Å². The van der Waals surface area contributed by atoms with E-state index in [1.807, 2.05) is 25.5 Å². The van der Waals surface area contributed by atoms with Crippen LogP contribution in [0.4, 0.5) is 0 Å². The topological polar surface area (TPSA) is 29.3 Å². The van der Waals surface area contributed by atoms with E-state index in [1.54, 1.807) is 11.3 Å². The van der Waals surface area contributed by atoms with Crippen LogP contribution in [0.5, 0.6) is 0 Å². The Kier molecular flexibility index (Phi) is 3.62. The summed E-state index contributed by atoms with van der Waals surface area (Å²) in [5.74, 6) is 0. The molecule has 13 heavy (non-hydrogen) atoms. The third-order valence-corrected chi connectivity index (χ3v) is 2.95. The number of hydrogen-bond acceptors (Lipinski definition) is 2. The molecule has 1 heterocycles. The average Bonchev–Trinajstić information content (AvgIpc) is 2.37. The highest BCUT2D eigenvalue weighted by molar-refractivity contribution is 7.80. The van der Waals surface area contributed by atoms with Crippen molar-refractivity contribution in [3.05, 3.63) is 15.9 Å². The van der Waals surface area contributed by atoms with E-state index in [0.29, 0.717) is 5.11 Å². The zero-order chi connectivity index (χ0) is 9.84. The van der Waals surface area contributed by atoms with Gasteiger partial charge in [0.05, 0.1) is 0 Å². The van der Waals surface area contributed by atoms with Crippen molar-refractivity contribution in [3.8, 4) is 0 Å². The second-order valence-electron chi connectivity index (χ2n) is 2.67. The molecule has 0 spiro atoms. The second kappa shape index (κ2) is 4.53. The number of hydrogen-bond donors (Lipinski definition) is 1. The fraction of sp³-hybridized carbons (Fsp3) is 0.500. The number of rotatable bonds is 1. The Bertz CT molecular complexity index is 362. The Labute approximate surface area is 87.1 Å². The zero-order valence-electron chi connectivity index (χ0n) is 8.00. The number of aryl methyl sites for hydroxylation is 1. The summed E-state index contributed by atoms with van der Waals surface area (Å²) in [4.78, 5) is 5.20. The maximum atomic E-state index is 5.02. The van der Waals surface area contributed by atoms with E-state index in [9.17, 15) is 0 Å². The second-order valence-corrected chi connectivity index (χ2v) is 3.89. The van der Waals surface area contributed by atoms with Gasteiger partial charge in [0, 0.05) is 24.7 Å². The molecule has 0 aliphatic carbocycles. The van der Waals surface area contributed by atoms with Crippen molar-refractivity contribution in [3.63, 3.8) is 0 Å².